The Morgan fingerprint density at radius 2 is 2.05 bits per heavy atom. The van der Waals surface area contributed by atoms with E-state index in [1.807, 2.05) is 11.4 Å². The highest BCUT2D eigenvalue weighted by atomic mass is 32.2. The fourth-order valence-corrected chi connectivity index (χ4v) is 4.96. The van der Waals surface area contributed by atoms with Crippen LogP contribution in [-0.2, 0) is 10.0 Å². The summed E-state index contributed by atoms with van der Waals surface area (Å²) >= 11 is 1.42. The molecule has 0 spiro atoms. The molecular weight excluding hydrogens is 330 g/mol. The van der Waals surface area contributed by atoms with Crippen LogP contribution in [0.5, 0.6) is 0 Å². The molecular formula is C14H16F2N2O2S2. The fourth-order valence-electron chi connectivity index (χ4n) is 2.72. The molecule has 22 heavy (non-hydrogen) atoms. The van der Waals surface area contributed by atoms with Gasteiger partial charge in [-0.1, -0.05) is 0 Å². The van der Waals surface area contributed by atoms with Crippen LogP contribution in [0.4, 0.5) is 8.78 Å². The Morgan fingerprint density at radius 1 is 1.36 bits per heavy atom. The zero-order chi connectivity index (χ0) is 16.0. The van der Waals surface area contributed by atoms with Gasteiger partial charge in [-0.05, 0) is 30.4 Å². The van der Waals surface area contributed by atoms with Gasteiger partial charge in [0, 0.05) is 32.1 Å². The van der Waals surface area contributed by atoms with E-state index in [2.05, 4.69) is 4.98 Å². The molecule has 0 bridgehead atoms. The summed E-state index contributed by atoms with van der Waals surface area (Å²) in [6.07, 6.45) is 1.16. The number of thiophene rings is 1. The summed E-state index contributed by atoms with van der Waals surface area (Å²) in [4.78, 5) is 4.26. The van der Waals surface area contributed by atoms with Gasteiger partial charge in [0.1, 0.15) is 4.90 Å². The summed E-state index contributed by atoms with van der Waals surface area (Å²) in [5, 5.41) is 1.85. The van der Waals surface area contributed by atoms with Crippen molar-refractivity contribution in [3.8, 4) is 0 Å². The van der Waals surface area contributed by atoms with Gasteiger partial charge >= 0.3 is 0 Å². The standard InChI is InChI=1S/C14H16F2N2O2S2/c1-18(10-2-5-14(15,16)6-3-10)22(19,20)11-8-13-12(17-9-11)4-7-21-13/h4,7-10H,2-3,5-6H2,1H3. The molecule has 1 saturated carbocycles. The summed E-state index contributed by atoms with van der Waals surface area (Å²) < 4.78 is 53.8. The molecule has 1 aliphatic rings. The average molecular weight is 346 g/mol. The van der Waals surface area contributed by atoms with Crippen LogP contribution in [0.25, 0.3) is 10.2 Å². The maximum Gasteiger partial charge on any atom is 0.248 e. The van der Waals surface area contributed by atoms with Gasteiger partial charge in [0.25, 0.3) is 0 Å². The molecule has 0 radical (unpaired) electrons. The van der Waals surface area contributed by atoms with E-state index in [4.69, 9.17) is 0 Å². The first kappa shape index (κ1) is 15.8. The predicted octanol–water partition coefficient (Wildman–Crippen LogP) is 3.49. The van der Waals surface area contributed by atoms with Crippen molar-refractivity contribution in [2.45, 2.75) is 42.5 Å². The molecule has 0 amide bonds. The third kappa shape index (κ3) is 2.87. The maximum atomic E-state index is 13.2. The topological polar surface area (TPSA) is 50.3 Å². The summed E-state index contributed by atoms with van der Waals surface area (Å²) in [5.41, 5.74) is 0.754. The smallest absolute Gasteiger partial charge is 0.248 e. The van der Waals surface area contributed by atoms with Gasteiger partial charge in [-0.3, -0.25) is 4.98 Å². The van der Waals surface area contributed by atoms with E-state index in [1.165, 1.54) is 28.9 Å². The molecule has 120 valence electrons. The van der Waals surface area contributed by atoms with E-state index in [0.717, 1.165) is 10.2 Å². The molecule has 0 N–H and O–H groups in total. The van der Waals surface area contributed by atoms with Crippen molar-refractivity contribution in [2.75, 3.05) is 7.05 Å². The van der Waals surface area contributed by atoms with E-state index in [9.17, 15) is 17.2 Å². The molecule has 2 heterocycles. The Morgan fingerprint density at radius 3 is 2.73 bits per heavy atom. The molecule has 0 aliphatic heterocycles. The van der Waals surface area contributed by atoms with E-state index in [1.54, 1.807) is 6.07 Å². The van der Waals surface area contributed by atoms with Crippen molar-refractivity contribution in [3.63, 3.8) is 0 Å². The number of aromatic nitrogens is 1. The highest BCUT2D eigenvalue weighted by molar-refractivity contribution is 7.89. The van der Waals surface area contributed by atoms with Crippen LogP contribution in [0.1, 0.15) is 25.7 Å². The van der Waals surface area contributed by atoms with Gasteiger partial charge in [0.15, 0.2) is 0 Å². The lowest BCUT2D eigenvalue weighted by atomic mass is 9.92. The Bertz CT molecular complexity index is 779. The van der Waals surface area contributed by atoms with Gasteiger partial charge in [-0.15, -0.1) is 11.3 Å². The number of pyridine rings is 1. The molecule has 2 aromatic rings. The lowest BCUT2D eigenvalue weighted by Gasteiger charge is -2.33. The summed E-state index contributed by atoms with van der Waals surface area (Å²) in [7, 11) is -2.25. The van der Waals surface area contributed by atoms with E-state index in [0.29, 0.717) is 0 Å². The number of sulfonamides is 1. The first-order valence-corrected chi connectivity index (χ1v) is 9.31. The van der Waals surface area contributed by atoms with Crippen molar-refractivity contribution in [1.82, 2.24) is 9.29 Å². The average Bonchev–Trinajstić information content (AvgIpc) is 2.94. The highest BCUT2D eigenvalue weighted by Gasteiger charge is 2.39. The summed E-state index contributed by atoms with van der Waals surface area (Å²) in [6.45, 7) is 0. The number of halogens is 2. The molecule has 2 aromatic heterocycles. The first-order chi connectivity index (χ1) is 10.3. The van der Waals surface area contributed by atoms with Crippen LogP contribution in [0.3, 0.4) is 0 Å². The largest absolute Gasteiger partial charge is 0.254 e. The fraction of sp³-hybridized carbons (Fsp3) is 0.500. The summed E-state index contributed by atoms with van der Waals surface area (Å²) in [6, 6.07) is 3.03. The second kappa shape index (κ2) is 5.50. The van der Waals surface area contributed by atoms with Gasteiger partial charge in [0.2, 0.25) is 15.9 Å². The molecule has 4 nitrogen and oxygen atoms in total. The van der Waals surface area contributed by atoms with Crippen LogP contribution in [0.15, 0.2) is 28.6 Å². The second-order valence-corrected chi connectivity index (χ2v) is 8.53. The number of nitrogens with zero attached hydrogens (tertiary/aromatic N) is 2. The molecule has 3 rings (SSSR count). The minimum atomic E-state index is -3.71. The quantitative estimate of drug-likeness (QED) is 0.855. The number of hydrogen-bond donors (Lipinski definition) is 0. The second-order valence-electron chi connectivity index (χ2n) is 5.58. The van der Waals surface area contributed by atoms with Gasteiger partial charge in [-0.2, -0.15) is 4.31 Å². The molecule has 1 fully saturated rings. The first-order valence-electron chi connectivity index (χ1n) is 6.99. The van der Waals surface area contributed by atoms with Crippen molar-refractivity contribution < 1.29 is 17.2 Å². The third-order valence-electron chi connectivity index (χ3n) is 4.16. The Kier molecular flexibility index (Phi) is 3.94. The minimum Gasteiger partial charge on any atom is -0.254 e. The van der Waals surface area contributed by atoms with Crippen LogP contribution < -0.4 is 0 Å². The zero-order valence-corrected chi connectivity index (χ0v) is 13.6. The monoisotopic (exact) mass is 346 g/mol. The number of hydrogen-bond acceptors (Lipinski definition) is 4. The lowest BCUT2D eigenvalue weighted by Crippen LogP contribution is -2.41. The van der Waals surface area contributed by atoms with E-state index < -0.39 is 15.9 Å². The molecule has 0 saturated heterocycles. The third-order valence-corrected chi connectivity index (χ3v) is 6.88. The van der Waals surface area contributed by atoms with Crippen LogP contribution in [0, 0.1) is 0 Å². The van der Waals surface area contributed by atoms with Crippen LogP contribution in [0.2, 0.25) is 0 Å². The van der Waals surface area contributed by atoms with E-state index in [-0.39, 0.29) is 36.6 Å². The number of fused-ring (bicyclic) bond motifs is 1. The Balaban J connectivity index is 1.85. The van der Waals surface area contributed by atoms with Crippen molar-refractivity contribution in [1.29, 1.82) is 0 Å². The molecule has 8 heteroatoms. The summed E-state index contributed by atoms with van der Waals surface area (Å²) in [5.74, 6) is -2.67. The molecule has 0 unspecified atom stereocenters. The Labute approximate surface area is 131 Å². The van der Waals surface area contributed by atoms with Crippen molar-refractivity contribution >= 4 is 31.6 Å². The van der Waals surface area contributed by atoms with Gasteiger partial charge in [0.05, 0.1) is 10.2 Å². The predicted molar refractivity (Wildman–Crippen MR) is 81.8 cm³/mol. The number of alkyl halides is 2. The van der Waals surface area contributed by atoms with Gasteiger partial charge in [-0.25, -0.2) is 17.2 Å². The zero-order valence-electron chi connectivity index (χ0n) is 12.0. The molecule has 0 atom stereocenters. The van der Waals surface area contributed by atoms with Crippen LogP contribution >= 0.6 is 11.3 Å². The van der Waals surface area contributed by atoms with Crippen LogP contribution in [-0.4, -0.2) is 36.7 Å². The highest BCUT2D eigenvalue weighted by Crippen LogP contribution is 2.36. The van der Waals surface area contributed by atoms with Gasteiger partial charge < -0.3 is 0 Å². The molecule has 0 aromatic carbocycles. The van der Waals surface area contributed by atoms with Crippen molar-refractivity contribution in [3.05, 3.63) is 23.7 Å². The lowest BCUT2D eigenvalue weighted by molar-refractivity contribution is -0.0453. The normalized spacial score (nSPS) is 19.8. The molecule has 1 aliphatic carbocycles. The Hall–Kier alpha value is -1.12. The number of rotatable bonds is 3. The minimum absolute atomic E-state index is 0.113. The maximum absolute atomic E-state index is 13.2. The SMILES string of the molecule is CN(C1CCC(F)(F)CC1)S(=O)(=O)c1cnc2ccsc2c1. The van der Waals surface area contributed by atoms with E-state index >= 15 is 0 Å². The van der Waals surface area contributed by atoms with Crippen molar-refractivity contribution in [2.24, 2.45) is 0 Å².